The van der Waals surface area contributed by atoms with Gasteiger partial charge in [0.1, 0.15) is 36.0 Å². The van der Waals surface area contributed by atoms with E-state index in [1.54, 1.807) is 18.3 Å². The van der Waals surface area contributed by atoms with Gasteiger partial charge in [0.15, 0.2) is 6.29 Å². The Kier molecular flexibility index (Phi) is 11.5. The molecular weight excluding hydrogens is 629 g/mol. The van der Waals surface area contributed by atoms with E-state index < -0.39 is 6.10 Å². The van der Waals surface area contributed by atoms with Gasteiger partial charge >= 0.3 is 0 Å². The fraction of sp³-hybridized carbons (Fsp3) is 0.286. The third-order valence-electron chi connectivity index (χ3n) is 7.59. The van der Waals surface area contributed by atoms with Crippen molar-refractivity contribution in [2.75, 3.05) is 26.3 Å². The van der Waals surface area contributed by atoms with Crippen molar-refractivity contribution in [3.8, 4) is 34.4 Å². The number of aldehydes is 1. The normalized spacial score (nSPS) is 14.3. The lowest BCUT2D eigenvalue weighted by molar-refractivity contribution is 0.0942. The van der Waals surface area contributed by atoms with Gasteiger partial charge in [0.05, 0.1) is 40.5 Å². The quantitative estimate of drug-likeness (QED) is 0.102. The summed E-state index contributed by atoms with van der Waals surface area (Å²) in [5, 5.41) is 31.4. The van der Waals surface area contributed by atoms with E-state index >= 15 is 0 Å². The summed E-state index contributed by atoms with van der Waals surface area (Å²) < 4.78 is 18.4. The Labute approximate surface area is 277 Å². The van der Waals surface area contributed by atoms with Crippen LogP contribution in [0.5, 0.6) is 17.2 Å². The van der Waals surface area contributed by atoms with Gasteiger partial charge in [-0.3, -0.25) is 9.78 Å². The first-order valence-electron chi connectivity index (χ1n) is 14.9. The Balaban J connectivity index is 1.30. The van der Waals surface area contributed by atoms with Crippen LogP contribution in [0.15, 0.2) is 67.0 Å². The molecule has 2 atom stereocenters. The lowest BCUT2D eigenvalue weighted by Gasteiger charge is -2.19. The summed E-state index contributed by atoms with van der Waals surface area (Å²) in [5.74, 6) is 1.29. The topological polar surface area (TPSA) is 134 Å². The number of ether oxygens (including phenoxy) is 3. The highest BCUT2D eigenvalue weighted by atomic mass is 35.5. The number of carbonyl (C=O) groups excluding carboxylic acids is 1. The minimum atomic E-state index is -0.778. The molecule has 1 aliphatic rings. The minimum Gasteiger partial charge on any atom is -0.492 e. The summed E-state index contributed by atoms with van der Waals surface area (Å²) in [6.07, 6.45) is 4.86. The number of halogens is 2. The number of aromatic nitrogens is 1. The molecule has 1 heterocycles. The summed E-state index contributed by atoms with van der Waals surface area (Å²) in [4.78, 5) is 15.8. The maximum absolute atomic E-state index is 11.8. The average Bonchev–Trinajstić information content (AvgIpc) is 3.49. The molecule has 5 rings (SSSR count). The van der Waals surface area contributed by atoms with E-state index in [9.17, 15) is 9.90 Å². The maximum Gasteiger partial charge on any atom is 0.153 e. The van der Waals surface area contributed by atoms with Crippen molar-refractivity contribution < 1.29 is 29.2 Å². The van der Waals surface area contributed by atoms with E-state index in [1.165, 1.54) is 12.3 Å². The first-order chi connectivity index (χ1) is 22.4. The van der Waals surface area contributed by atoms with Gasteiger partial charge in [-0.2, -0.15) is 5.26 Å². The number of benzene rings is 3. The monoisotopic (exact) mass is 661 g/mol. The van der Waals surface area contributed by atoms with Gasteiger partial charge in [0.2, 0.25) is 0 Å². The van der Waals surface area contributed by atoms with Gasteiger partial charge in [-0.05, 0) is 60.7 Å². The third kappa shape index (κ3) is 7.97. The van der Waals surface area contributed by atoms with E-state index in [1.807, 2.05) is 36.4 Å². The average molecular weight is 663 g/mol. The molecular formula is C35H33Cl2N3O6. The highest BCUT2D eigenvalue weighted by molar-refractivity contribution is 6.35. The van der Waals surface area contributed by atoms with Crippen molar-refractivity contribution in [1.82, 2.24) is 10.3 Å². The van der Waals surface area contributed by atoms with Gasteiger partial charge in [0.25, 0.3) is 0 Å². The van der Waals surface area contributed by atoms with Gasteiger partial charge in [-0.15, -0.1) is 0 Å². The number of hydrogen-bond donors (Lipinski definition) is 3. The summed E-state index contributed by atoms with van der Waals surface area (Å²) in [7, 11) is 0. The fourth-order valence-corrected chi connectivity index (χ4v) is 5.83. The molecule has 11 heteroatoms. The second kappa shape index (κ2) is 15.9. The Morgan fingerprint density at radius 2 is 1.89 bits per heavy atom. The van der Waals surface area contributed by atoms with Crippen molar-refractivity contribution in [1.29, 1.82) is 5.26 Å². The molecule has 238 valence electrons. The molecule has 0 spiro atoms. The smallest absolute Gasteiger partial charge is 0.153 e. The Morgan fingerprint density at radius 1 is 1.07 bits per heavy atom. The maximum atomic E-state index is 11.8. The van der Waals surface area contributed by atoms with Gasteiger partial charge in [-0.1, -0.05) is 53.5 Å². The number of carbonyl (C=O) groups is 1. The number of nitrogens with one attached hydrogen (secondary N) is 1. The predicted octanol–water partition coefficient (Wildman–Crippen LogP) is 6.10. The number of nitriles is 1. The molecule has 0 saturated carbocycles. The molecule has 0 amide bonds. The third-order valence-corrected chi connectivity index (χ3v) is 8.28. The zero-order chi connectivity index (χ0) is 32.5. The second-order valence-corrected chi connectivity index (χ2v) is 11.6. The Morgan fingerprint density at radius 3 is 2.70 bits per heavy atom. The standard InChI is InChI=1S/C35H33Cl2N3O6/c36-30-13-24(19-41)33(45-21-23-12-22(15-38)16-40-17-23)14-34(30)46-31-9-8-27-26(4-1-5-28(27)31)29-6-2-7-32(35(29)37)44-11-3-10-39-18-25(43)20-42/h1-2,4-7,12-14,16-17,19,25,31,39,42-43H,3,8-11,18,20-21H2/t25-,31?/m0/s1. The summed E-state index contributed by atoms with van der Waals surface area (Å²) in [6.45, 7) is 1.21. The van der Waals surface area contributed by atoms with Crippen LogP contribution < -0.4 is 19.5 Å². The number of fused-ring (bicyclic) bond motifs is 1. The lowest BCUT2D eigenvalue weighted by atomic mass is 9.96. The van der Waals surface area contributed by atoms with E-state index in [0.717, 1.165) is 28.7 Å². The minimum absolute atomic E-state index is 0.106. The SMILES string of the molecule is N#Cc1cncc(COc2cc(OC3CCc4c(-c5cccc(OCCCNC[C@H](O)CO)c5Cl)cccc43)c(Cl)cc2C=O)c1. The van der Waals surface area contributed by atoms with Crippen molar-refractivity contribution in [3.05, 3.63) is 105 Å². The largest absolute Gasteiger partial charge is 0.492 e. The van der Waals surface area contributed by atoms with Crippen LogP contribution in [0, 0.1) is 11.3 Å². The molecule has 0 bridgehead atoms. The van der Waals surface area contributed by atoms with Crippen LogP contribution in [0.3, 0.4) is 0 Å². The number of pyridine rings is 1. The van der Waals surface area contributed by atoms with Crippen LogP contribution in [0.4, 0.5) is 0 Å². The van der Waals surface area contributed by atoms with Crippen LogP contribution >= 0.6 is 23.2 Å². The Hall–Kier alpha value is -4.17. The van der Waals surface area contributed by atoms with Crippen molar-refractivity contribution >= 4 is 29.5 Å². The summed E-state index contributed by atoms with van der Waals surface area (Å²) in [5.41, 5.74) is 5.39. The molecule has 0 fully saturated rings. The molecule has 0 saturated heterocycles. The highest BCUT2D eigenvalue weighted by Crippen LogP contribution is 2.45. The molecule has 9 nitrogen and oxygen atoms in total. The van der Waals surface area contributed by atoms with Gasteiger partial charge < -0.3 is 29.7 Å². The molecule has 46 heavy (non-hydrogen) atoms. The lowest BCUT2D eigenvalue weighted by Crippen LogP contribution is -2.30. The number of aliphatic hydroxyl groups is 2. The van der Waals surface area contributed by atoms with E-state index in [0.29, 0.717) is 77.2 Å². The second-order valence-electron chi connectivity index (χ2n) is 10.8. The molecule has 4 aromatic rings. The number of nitrogens with zero attached hydrogens (tertiary/aromatic N) is 2. The highest BCUT2D eigenvalue weighted by Gasteiger charge is 2.28. The van der Waals surface area contributed by atoms with E-state index in [2.05, 4.69) is 16.4 Å². The van der Waals surface area contributed by atoms with Crippen LogP contribution in [-0.2, 0) is 13.0 Å². The molecule has 1 aromatic heterocycles. The Bertz CT molecular complexity index is 1730. The molecule has 0 radical (unpaired) electrons. The van der Waals surface area contributed by atoms with Crippen LogP contribution in [-0.4, -0.2) is 53.9 Å². The molecule has 3 N–H and O–H groups in total. The van der Waals surface area contributed by atoms with Crippen LogP contribution in [0.25, 0.3) is 11.1 Å². The van der Waals surface area contributed by atoms with E-state index in [4.69, 9.17) is 47.8 Å². The zero-order valence-electron chi connectivity index (χ0n) is 24.9. The summed E-state index contributed by atoms with van der Waals surface area (Å²) in [6, 6.07) is 18.6. The van der Waals surface area contributed by atoms with Crippen molar-refractivity contribution in [2.45, 2.75) is 38.1 Å². The van der Waals surface area contributed by atoms with Gasteiger partial charge in [0, 0.05) is 36.1 Å². The number of hydrogen-bond acceptors (Lipinski definition) is 9. The fourth-order valence-electron chi connectivity index (χ4n) is 5.33. The first-order valence-corrected chi connectivity index (χ1v) is 15.6. The predicted molar refractivity (Wildman–Crippen MR) is 175 cm³/mol. The molecule has 3 aromatic carbocycles. The molecule has 1 unspecified atom stereocenters. The zero-order valence-corrected chi connectivity index (χ0v) is 26.4. The first kappa shape index (κ1) is 33.2. The van der Waals surface area contributed by atoms with Crippen molar-refractivity contribution in [2.24, 2.45) is 0 Å². The molecule has 0 aliphatic heterocycles. The summed E-state index contributed by atoms with van der Waals surface area (Å²) >= 11 is 13.4. The van der Waals surface area contributed by atoms with Crippen LogP contribution in [0.2, 0.25) is 10.0 Å². The van der Waals surface area contributed by atoms with Crippen molar-refractivity contribution in [3.63, 3.8) is 0 Å². The van der Waals surface area contributed by atoms with Gasteiger partial charge in [-0.25, -0.2) is 0 Å². The number of aliphatic hydroxyl groups excluding tert-OH is 2. The van der Waals surface area contributed by atoms with E-state index in [-0.39, 0.29) is 24.9 Å². The van der Waals surface area contributed by atoms with Crippen LogP contribution in [0.1, 0.15) is 51.6 Å². The number of rotatable bonds is 15. The molecule has 1 aliphatic carbocycles.